The zero-order chi connectivity index (χ0) is 19.3. The summed E-state index contributed by atoms with van der Waals surface area (Å²) in [6.07, 6.45) is 2.32. The lowest BCUT2D eigenvalue weighted by atomic mass is 10.3. The first kappa shape index (κ1) is 18.9. The minimum atomic E-state index is -0.356. The quantitative estimate of drug-likeness (QED) is 0.405. The Hall–Kier alpha value is -2.43. The second-order valence-corrected chi connectivity index (χ2v) is 8.56. The molecule has 0 unspecified atom stereocenters. The van der Waals surface area contributed by atoms with Crippen LogP contribution in [0.3, 0.4) is 0 Å². The summed E-state index contributed by atoms with van der Waals surface area (Å²) in [5, 5.41) is 16.6. The summed E-state index contributed by atoms with van der Waals surface area (Å²) in [7, 11) is 0. The van der Waals surface area contributed by atoms with Gasteiger partial charge in [0.15, 0.2) is 5.16 Å². The molecule has 0 aliphatic heterocycles. The van der Waals surface area contributed by atoms with Gasteiger partial charge in [-0.15, -0.1) is 21.5 Å². The predicted octanol–water partition coefficient (Wildman–Crippen LogP) is 3.81. The SMILES string of the molecule is NC(=O)CCc1nnc(SCc2csc(-c3ccsc3)n2)n1Cc1ccco1. The van der Waals surface area contributed by atoms with Crippen LogP contribution in [0.25, 0.3) is 10.6 Å². The molecule has 0 saturated heterocycles. The number of primary amides is 1. The Kier molecular flexibility index (Phi) is 5.89. The first-order chi connectivity index (χ1) is 13.7. The molecule has 4 heterocycles. The molecule has 0 bridgehead atoms. The van der Waals surface area contributed by atoms with Gasteiger partial charge in [0.2, 0.25) is 5.91 Å². The van der Waals surface area contributed by atoms with Gasteiger partial charge in [-0.2, -0.15) is 11.3 Å². The molecule has 0 saturated carbocycles. The number of nitrogens with two attached hydrogens (primary N) is 1. The van der Waals surface area contributed by atoms with Crippen molar-refractivity contribution < 1.29 is 9.21 Å². The van der Waals surface area contributed by atoms with E-state index in [9.17, 15) is 4.79 Å². The topological polar surface area (TPSA) is 99.8 Å². The van der Waals surface area contributed by atoms with Gasteiger partial charge in [-0.05, 0) is 23.6 Å². The minimum absolute atomic E-state index is 0.233. The number of hydrogen-bond acceptors (Lipinski definition) is 8. The third-order valence-corrected chi connectivity index (χ3v) is 6.58. The van der Waals surface area contributed by atoms with Crippen LogP contribution >= 0.6 is 34.4 Å². The molecule has 28 heavy (non-hydrogen) atoms. The van der Waals surface area contributed by atoms with Gasteiger partial charge in [0.25, 0.3) is 0 Å². The molecule has 0 radical (unpaired) electrons. The number of nitrogens with zero attached hydrogens (tertiary/aromatic N) is 4. The number of amides is 1. The second kappa shape index (κ2) is 8.72. The molecule has 0 aliphatic carbocycles. The molecule has 0 aliphatic rings. The van der Waals surface area contributed by atoms with Gasteiger partial charge in [-0.25, -0.2) is 4.98 Å². The van der Waals surface area contributed by atoms with Crippen molar-refractivity contribution in [3.05, 3.63) is 57.9 Å². The lowest BCUT2D eigenvalue weighted by Crippen LogP contribution is -2.14. The van der Waals surface area contributed by atoms with E-state index in [-0.39, 0.29) is 12.3 Å². The van der Waals surface area contributed by atoms with Gasteiger partial charge >= 0.3 is 0 Å². The third kappa shape index (κ3) is 4.51. The maximum atomic E-state index is 11.2. The van der Waals surface area contributed by atoms with Crippen molar-refractivity contribution in [1.82, 2.24) is 19.7 Å². The van der Waals surface area contributed by atoms with Crippen LogP contribution in [0.4, 0.5) is 0 Å². The fraction of sp³-hybridized carbons (Fsp3) is 0.222. The van der Waals surface area contributed by atoms with Crippen LogP contribution in [0.2, 0.25) is 0 Å². The molecule has 144 valence electrons. The van der Waals surface area contributed by atoms with E-state index >= 15 is 0 Å². The smallest absolute Gasteiger partial charge is 0.217 e. The van der Waals surface area contributed by atoms with Crippen LogP contribution in [-0.4, -0.2) is 25.7 Å². The molecular weight excluding hydrogens is 414 g/mol. The van der Waals surface area contributed by atoms with E-state index in [4.69, 9.17) is 15.1 Å². The van der Waals surface area contributed by atoms with E-state index in [1.54, 1.807) is 40.7 Å². The molecule has 4 rings (SSSR count). The van der Waals surface area contributed by atoms with Crippen molar-refractivity contribution in [2.24, 2.45) is 5.73 Å². The Balaban J connectivity index is 1.49. The number of rotatable bonds is 9. The van der Waals surface area contributed by atoms with Gasteiger partial charge in [-0.1, -0.05) is 11.8 Å². The zero-order valence-electron chi connectivity index (χ0n) is 14.8. The number of carbonyl (C=O) groups excluding carboxylic acids is 1. The Labute approximate surface area is 173 Å². The number of hydrogen-bond donors (Lipinski definition) is 1. The van der Waals surface area contributed by atoms with Gasteiger partial charge in [0.05, 0.1) is 18.5 Å². The van der Waals surface area contributed by atoms with Crippen molar-refractivity contribution in [2.45, 2.75) is 30.3 Å². The first-order valence-electron chi connectivity index (χ1n) is 8.51. The lowest BCUT2D eigenvalue weighted by molar-refractivity contribution is -0.118. The van der Waals surface area contributed by atoms with Gasteiger partial charge in [-0.3, -0.25) is 9.36 Å². The van der Waals surface area contributed by atoms with E-state index in [0.717, 1.165) is 33.0 Å². The summed E-state index contributed by atoms with van der Waals surface area (Å²) in [5.74, 6) is 1.85. The standard InChI is InChI=1S/C18H17N5O2S3/c19-15(24)3-4-16-21-22-18(23(16)8-14-2-1-6-25-14)28-11-13-10-27-17(20-13)12-5-7-26-9-12/h1-2,5-7,9-10H,3-4,8,11H2,(H2,19,24). The van der Waals surface area contributed by atoms with Gasteiger partial charge in [0.1, 0.15) is 16.6 Å². The summed E-state index contributed by atoms with van der Waals surface area (Å²) >= 11 is 4.87. The molecule has 4 aromatic heterocycles. The Morgan fingerprint density at radius 1 is 1.29 bits per heavy atom. The van der Waals surface area contributed by atoms with Crippen LogP contribution in [0.15, 0.2) is 50.2 Å². The van der Waals surface area contributed by atoms with E-state index in [0.29, 0.717) is 18.7 Å². The highest BCUT2D eigenvalue weighted by Gasteiger charge is 2.16. The average Bonchev–Trinajstić information content (AvgIpc) is 3.45. The number of carbonyl (C=O) groups is 1. The number of aromatic nitrogens is 4. The largest absolute Gasteiger partial charge is 0.467 e. The second-order valence-electron chi connectivity index (χ2n) is 5.98. The van der Waals surface area contributed by atoms with Crippen LogP contribution in [-0.2, 0) is 23.5 Å². The summed E-state index contributed by atoms with van der Waals surface area (Å²) in [6, 6.07) is 5.82. The van der Waals surface area contributed by atoms with Crippen LogP contribution < -0.4 is 5.73 Å². The monoisotopic (exact) mass is 431 g/mol. The Morgan fingerprint density at radius 2 is 2.21 bits per heavy atom. The van der Waals surface area contributed by atoms with E-state index in [1.807, 2.05) is 16.7 Å². The highest BCUT2D eigenvalue weighted by molar-refractivity contribution is 7.98. The molecule has 2 N–H and O–H groups in total. The Bertz CT molecular complexity index is 1040. The van der Waals surface area contributed by atoms with Crippen molar-refractivity contribution in [1.29, 1.82) is 0 Å². The maximum Gasteiger partial charge on any atom is 0.217 e. The van der Waals surface area contributed by atoms with Crippen LogP contribution in [0, 0.1) is 0 Å². The van der Waals surface area contributed by atoms with Crippen LogP contribution in [0.5, 0.6) is 0 Å². The van der Waals surface area contributed by atoms with Crippen molar-refractivity contribution in [3.8, 4) is 10.6 Å². The van der Waals surface area contributed by atoms with E-state index in [1.165, 1.54) is 0 Å². The van der Waals surface area contributed by atoms with Crippen molar-refractivity contribution in [2.75, 3.05) is 0 Å². The molecule has 0 atom stereocenters. The predicted molar refractivity (Wildman–Crippen MR) is 110 cm³/mol. The summed E-state index contributed by atoms with van der Waals surface area (Å²) in [5.41, 5.74) is 7.44. The minimum Gasteiger partial charge on any atom is -0.467 e. The molecule has 4 aromatic rings. The number of thioether (sulfide) groups is 1. The third-order valence-electron chi connectivity index (χ3n) is 3.95. The molecule has 0 fully saturated rings. The highest BCUT2D eigenvalue weighted by atomic mass is 32.2. The molecule has 0 aromatic carbocycles. The van der Waals surface area contributed by atoms with E-state index < -0.39 is 0 Å². The highest BCUT2D eigenvalue weighted by Crippen LogP contribution is 2.29. The lowest BCUT2D eigenvalue weighted by Gasteiger charge is -2.07. The average molecular weight is 432 g/mol. The number of thiazole rings is 1. The van der Waals surface area contributed by atoms with E-state index in [2.05, 4.69) is 32.4 Å². The van der Waals surface area contributed by atoms with Crippen LogP contribution in [0.1, 0.15) is 23.7 Å². The molecule has 7 nitrogen and oxygen atoms in total. The number of furan rings is 1. The van der Waals surface area contributed by atoms with Crippen molar-refractivity contribution >= 4 is 40.3 Å². The molecule has 1 amide bonds. The molecule has 10 heteroatoms. The number of aryl methyl sites for hydroxylation is 1. The molecule has 0 spiro atoms. The molecular formula is C18H17N5O2S3. The normalized spacial score (nSPS) is 11.1. The summed E-state index contributed by atoms with van der Waals surface area (Å²) in [6.45, 7) is 0.508. The summed E-state index contributed by atoms with van der Waals surface area (Å²) in [4.78, 5) is 15.9. The zero-order valence-corrected chi connectivity index (χ0v) is 17.2. The maximum absolute atomic E-state index is 11.2. The fourth-order valence-corrected chi connectivity index (χ4v) is 5.08. The fourth-order valence-electron chi connectivity index (χ4n) is 2.59. The van der Waals surface area contributed by atoms with Crippen molar-refractivity contribution in [3.63, 3.8) is 0 Å². The first-order valence-corrected chi connectivity index (χ1v) is 11.3. The Morgan fingerprint density at radius 3 is 2.96 bits per heavy atom. The van der Waals surface area contributed by atoms with Gasteiger partial charge in [0, 0.05) is 34.9 Å². The number of thiophene rings is 1. The summed E-state index contributed by atoms with van der Waals surface area (Å²) < 4.78 is 7.43. The van der Waals surface area contributed by atoms with Gasteiger partial charge < -0.3 is 10.2 Å².